The summed E-state index contributed by atoms with van der Waals surface area (Å²) in [6, 6.07) is 18.8. The Kier molecular flexibility index (Phi) is 10.2. The molecule has 0 aliphatic heterocycles. The zero-order chi connectivity index (χ0) is 28.6. The lowest BCUT2D eigenvalue weighted by Gasteiger charge is -2.28. The number of para-hydroxylation sites is 2. The fourth-order valence-corrected chi connectivity index (χ4v) is 5.76. The zero-order valence-corrected chi connectivity index (χ0v) is 24.0. The highest BCUT2D eigenvalue weighted by Gasteiger charge is 2.28. The molecule has 0 heterocycles. The van der Waals surface area contributed by atoms with Gasteiger partial charge in [0.25, 0.3) is 15.9 Å². The van der Waals surface area contributed by atoms with Gasteiger partial charge in [0.15, 0.2) is 6.61 Å². The fraction of sp³-hybridized carbons (Fsp3) is 0.367. The van der Waals surface area contributed by atoms with E-state index in [2.05, 4.69) is 5.32 Å². The molecule has 0 radical (unpaired) electrons. The highest BCUT2D eigenvalue weighted by atomic mass is 32.2. The van der Waals surface area contributed by atoms with E-state index in [4.69, 9.17) is 9.47 Å². The first-order valence-electron chi connectivity index (χ1n) is 13.0. The van der Waals surface area contributed by atoms with Crippen molar-refractivity contribution in [3.63, 3.8) is 0 Å². The second-order valence-electron chi connectivity index (χ2n) is 10.1. The maximum Gasteiger partial charge on any atom is 0.264 e. The number of methoxy groups -OCH3 is 1. The number of benzene rings is 3. The standard InChI is InChI=1S/C30H38N2O6S/c1-21(2)19-32(39(35,36)26-15-13-25(37-5)14-16-26)27-11-8-10-24(30(27)34)17-22(3)18-31-29(33)20-38-28-12-7-6-9-23(28)4/h6-16,21-22,34H,17-20H2,1-5H3,(H,31,33)/t22-/m1/s1. The number of aryl methyl sites for hydroxylation is 1. The van der Waals surface area contributed by atoms with Crippen molar-refractivity contribution < 1.29 is 27.8 Å². The summed E-state index contributed by atoms with van der Waals surface area (Å²) in [7, 11) is -2.43. The van der Waals surface area contributed by atoms with Crippen molar-refractivity contribution >= 4 is 21.6 Å². The van der Waals surface area contributed by atoms with Gasteiger partial charge in [-0.1, -0.05) is 51.1 Å². The molecule has 8 nitrogen and oxygen atoms in total. The van der Waals surface area contributed by atoms with Crippen LogP contribution in [-0.2, 0) is 21.2 Å². The Hall–Kier alpha value is -3.72. The van der Waals surface area contributed by atoms with E-state index in [1.807, 2.05) is 52.0 Å². The number of aromatic hydroxyl groups is 1. The molecule has 1 atom stereocenters. The molecule has 3 rings (SSSR count). The van der Waals surface area contributed by atoms with Gasteiger partial charge in [-0.25, -0.2) is 8.42 Å². The monoisotopic (exact) mass is 554 g/mol. The number of phenols is 1. The Balaban J connectivity index is 1.71. The van der Waals surface area contributed by atoms with Crippen molar-refractivity contribution in [2.75, 3.05) is 31.1 Å². The predicted molar refractivity (Wildman–Crippen MR) is 153 cm³/mol. The van der Waals surface area contributed by atoms with Crippen molar-refractivity contribution in [1.29, 1.82) is 0 Å². The molecule has 0 saturated heterocycles. The number of nitrogens with zero attached hydrogens (tertiary/aromatic N) is 1. The summed E-state index contributed by atoms with van der Waals surface area (Å²) in [4.78, 5) is 12.4. The first-order chi connectivity index (χ1) is 18.5. The minimum absolute atomic E-state index is 0.0112. The molecular weight excluding hydrogens is 516 g/mol. The van der Waals surface area contributed by atoms with Gasteiger partial charge < -0.3 is 19.9 Å². The average Bonchev–Trinajstić information content (AvgIpc) is 2.91. The molecular formula is C30H38N2O6S. The number of sulfonamides is 1. The lowest BCUT2D eigenvalue weighted by molar-refractivity contribution is -0.123. The Bertz CT molecular complexity index is 1360. The van der Waals surface area contributed by atoms with Gasteiger partial charge in [0.2, 0.25) is 0 Å². The van der Waals surface area contributed by atoms with E-state index < -0.39 is 10.0 Å². The van der Waals surface area contributed by atoms with E-state index in [0.717, 1.165) is 5.56 Å². The van der Waals surface area contributed by atoms with Crippen LogP contribution in [0.25, 0.3) is 0 Å². The number of nitrogens with one attached hydrogen (secondary N) is 1. The molecule has 0 aromatic heterocycles. The number of carbonyl (C=O) groups excluding carboxylic acids is 1. The summed E-state index contributed by atoms with van der Waals surface area (Å²) in [5.41, 5.74) is 1.78. The van der Waals surface area contributed by atoms with Crippen LogP contribution in [0, 0.1) is 18.8 Å². The van der Waals surface area contributed by atoms with Crippen molar-refractivity contribution in [3.8, 4) is 17.2 Å². The van der Waals surface area contributed by atoms with Crippen molar-refractivity contribution in [2.24, 2.45) is 11.8 Å². The Morgan fingerprint density at radius 1 is 1.00 bits per heavy atom. The summed E-state index contributed by atoms with van der Waals surface area (Å²) in [5.74, 6) is 0.880. The second-order valence-corrected chi connectivity index (χ2v) is 11.9. The molecule has 1 amide bonds. The molecule has 39 heavy (non-hydrogen) atoms. The van der Waals surface area contributed by atoms with Crippen LogP contribution in [0.5, 0.6) is 17.2 Å². The Morgan fingerprint density at radius 3 is 2.33 bits per heavy atom. The normalized spacial score (nSPS) is 12.2. The molecule has 3 aromatic carbocycles. The predicted octanol–water partition coefficient (Wildman–Crippen LogP) is 4.93. The quantitative estimate of drug-likeness (QED) is 0.310. The van der Waals surface area contributed by atoms with Crippen LogP contribution < -0.4 is 19.1 Å². The third-order valence-electron chi connectivity index (χ3n) is 6.21. The molecule has 0 spiro atoms. The number of amides is 1. The topological polar surface area (TPSA) is 105 Å². The molecule has 2 N–H and O–H groups in total. The molecule has 0 bridgehead atoms. The smallest absolute Gasteiger partial charge is 0.264 e. The van der Waals surface area contributed by atoms with E-state index in [0.29, 0.717) is 30.0 Å². The maximum absolute atomic E-state index is 13.6. The van der Waals surface area contributed by atoms with Crippen LogP contribution >= 0.6 is 0 Å². The van der Waals surface area contributed by atoms with E-state index in [-0.39, 0.29) is 47.2 Å². The van der Waals surface area contributed by atoms with Crippen LogP contribution in [-0.4, -0.2) is 46.2 Å². The van der Waals surface area contributed by atoms with Crippen LogP contribution in [0.15, 0.2) is 71.6 Å². The van der Waals surface area contributed by atoms with Gasteiger partial charge in [0, 0.05) is 13.1 Å². The molecule has 0 unspecified atom stereocenters. The van der Waals surface area contributed by atoms with Crippen molar-refractivity contribution in [3.05, 3.63) is 77.9 Å². The van der Waals surface area contributed by atoms with Gasteiger partial charge in [-0.3, -0.25) is 9.10 Å². The first-order valence-corrected chi connectivity index (χ1v) is 14.4. The maximum atomic E-state index is 13.6. The van der Waals surface area contributed by atoms with Gasteiger partial charge in [-0.2, -0.15) is 0 Å². The molecule has 3 aromatic rings. The molecule has 0 fully saturated rings. The third kappa shape index (κ3) is 7.89. The number of ether oxygens (including phenoxy) is 2. The molecule has 0 aliphatic carbocycles. The van der Waals surface area contributed by atoms with Crippen LogP contribution in [0.2, 0.25) is 0 Å². The van der Waals surface area contributed by atoms with E-state index in [1.165, 1.54) is 23.5 Å². The van der Waals surface area contributed by atoms with Crippen LogP contribution in [0.3, 0.4) is 0 Å². The van der Waals surface area contributed by atoms with E-state index >= 15 is 0 Å². The Labute approximate surface area is 231 Å². The zero-order valence-electron chi connectivity index (χ0n) is 23.2. The van der Waals surface area contributed by atoms with Gasteiger partial charge in [-0.05, 0) is 72.7 Å². The lowest BCUT2D eigenvalue weighted by atomic mass is 9.99. The van der Waals surface area contributed by atoms with Crippen molar-refractivity contribution in [2.45, 2.75) is 39.0 Å². The minimum Gasteiger partial charge on any atom is -0.505 e. The summed E-state index contributed by atoms with van der Waals surface area (Å²) in [6.45, 7) is 8.19. The first kappa shape index (κ1) is 29.8. The average molecular weight is 555 g/mol. The second kappa shape index (κ2) is 13.4. The largest absolute Gasteiger partial charge is 0.505 e. The number of hydrogen-bond donors (Lipinski definition) is 2. The summed E-state index contributed by atoms with van der Waals surface area (Å²) < 4.78 is 39.3. The number of carbonyl (C=O) groups is 1. The molecule has 210 valence electrons. The summed E-state index contributed by atoms with van der Waals surface area (Å²) >= 11 is 0. The highest BCUT2D eigenvalue weighted by Crippen LogP contribution is 2.36. The Morgan fingerprint density at radius 2 is 1.69 bits per heavy atom. The number of phenolic OH excluding ortho intramolecular Hbond substituents is 1. The van der Waals surface area contributed by atoms with Crippen LogP contribution in [0.1, 0.15) is 31.9 Å². The fourth-order valence-electron chi connectivity index (χ4n) is 4.12. The number of rotatable bonds is 13. The summed E-state index contributed by atoms with van der Waals surface area (Å²) in [6.07, 6.45) is 0.441. The van der Waals surface area contributed by atoms with E-state index in [1.54, 1.807) is 30.3 Å². The third-order valence-corrected chi connectivity index (χ3v) is 8.01. The van der Waals surface area contributed by atoms with Gasteiger partial charge in [0.05, 0.1) is 17.7 Å². The van der Waals surface area contributed by atoms with Crippen molar-refractivity contribution in [1.82, 2.24) is 5.32 Å². The van der Waals surface area contributed by atoms with Gasteiger partial charge in [0.1, 0.15) is 17.2 Å². The molecule has 9 heteroatoms. The SMILES string of the molecule is COc1ccc(S(=O)(=O)N(CC(C)C)c2cccc(C[C@@H](C)CNC(=O)COc3ccccc3C)c2O)cc1. The highest BCUT2D eigenvalue weighted by molar-refractivity contribution is 7.92. The van der Waals surface area contributed by atoms with E-state index in [9.17, 15) is 18.3 Å². The number of hydrogen-bond acceptors (Lipinski definition) is 6. The lowest BCUT2D eigenvalue weighted by Crippen LogP contribution is -2.34. The minimum atomic E-state index is -3.95. The van der Waals surface area contributed by atoms with Gasteiger partial charge in [-0.15, -0.1) is 0 Å². The van der Waals surface area contributed by atoms with Crippen LogP contribution in [0.4, 0.5) is 5.69 Å². The molecule has 0 aliphatic rings. The number of anilines is 1. The summed E-state index contributed by atoms with van der Waals surface area (Å²) in [5, 5.41) is 14.1. The molecule has 0 saturated carbocycles. The van der Waals surface area contributed by atoms with Gasteiger partial charge >= 0.3 is 0 Å².